The Hall–Kier alpha value is -0.610. The quantitative estimate of drug-likeness (QED) is 0.833. The smallest absolute Gasteiger partial charge is 0.308 e. The molecule has 1 heterocycles. The van der Waals surface area contributed by atoms with E-state index in [4.69, 9.17) is 4.74 Å². The maximum atomic E-state index is 11.4. The van der Waals surface area contributed by atoms with E-state index in [1.807, 2.05) is 0 Å². The van der Waals surface area contributed by atoms with Crippen LogP contribution < -0.4 is 0 Å². The highest BCUT2D eigenvalue weighted by Gasteiger charge is 2.36. The summed E-state index contributed by atoms with van der Waals surface area (Å²) in [5.74, 6) is -0.778. The average Bonchev–Trinajstić information content (AvgIpc) is 2.45. The largest absolute Gasteiger partial charge is 0.481 e. The van der Waals surface area contributed by atoms with E-state index in [0.717, 1.165) is 58.2 Å². The predicted molar refractivity (Wildman–Crippen MR) is 74.2 cm³/mol. The van der Waals surface area contributed by atoms with Crippen LogP contribution in [0.1, 0.15) is 51.9 Å². The lowest BCUT2D eigenvalue weighted by atomic mass is 9.82. The van der Waals surface area contributed by atoms with Gasteiger partial charge >= 0.3 is 5.97 Å². The van der Waals surface area contributed by atoms with Crippen LogP contribution in [-0.2, 0) is 9.53 Å². The van der Waals surface area contributed by atoms with E-state index in [0.29, 0.717) is 6.10 Å². The van der Waals surface area contributed by atoms with Crippen LogP contribution in [0.3, 0.4) is 0 Å². The molecule has 3 unspecified atom stereocenters. The van der Waals surface area contributed by atoms with Crippen LogP contribution in [0.4, 0.5) is 0 Å². The van der Waals surface area contributed by atoms with Crippen molar-refractivity contribution >= 4 is 5.97 Å². The van der Waals surface area contributed by atoms with Gasteiger partial charge in [0.05, 0.1) is 12.0 Å². The molecule has 2 fully saturated rings. The Morgan fingerprint density at radius 3 is 2.79 bits per heavy atom. The van der Waals surface area contributed by atoms with Gasteiger partial charge in [-0.2, -0.15) is 0 Å². The number of nitrogens with zero attached hydrogens (tertiary/aromatic N) is 1. The Morgan fingerprint density at radius 1 is 1.26 bits per heavy atom. The summed E-state index contributed by atoms with van der Waals surface area (Å²) in [6, 6.07) is 0.235. The van der Waals surface area contributed by atoms with Gasteiger partial charge in [0.1, 0.15) is 0 Å². The zero-order valence-electron chi connectivity index (χ0n) is 12.0. The summed E-state index contributed by atoms with van der Waals surface area (Å²) in [7, 11) is 0. The molecular formula is C15H27NO3. The topological polar surface area (TPSA) is 49.8 Å². The van der Waals surface area contributed by atoms with Crippen molar-refractivity contribution < 1.29 is 14.6 Å². The fourth-order valence-electron chi connectivity index (χ4n) is 3.52. The van der Waals surface area contributed by atoms with Gasteiger partial charge < -0.3 is 9.84 Å². The van der Waals surface area contributed by atoms with Crippen LogP contribution in [0.15, 0.2) is 0 Å². The lowest BCUT2D eigenvalue weighted by Crippen LogP contribution is -2.51. The zero-order valence-corrected chi connectivity index (χ0v) is 12.0. The molecule has 110 valence electrons. The highest BCUT2D eigenvalue weighted by atomic mass is 16.5. The molecule has 0 bridgehead atoms. The number of hydrogen-bond acceptors (Lipinski definition) is 3. The Balaban J connectivity index is 1.92. The lowest BCUT2D eigenvalue weighted by molar-refractivity contribution is -0.146. The molecule has 2 aliphatic rings. The monoisotopic (exact) mass is 269 g/mol. The average molecular weight is 269 g/mol. The summed E-state index contributed by atoms with van der Waals surface area (Å²) in [6.45, 7) is 4.92. The van der Waals surface area contributed by atoms with E-state index in [1.54, 1.807) is 0 Å². The molecule has 2 rings (SSSR count). The summed E-state index contributed by atoms with van der Waals surface area (Å²) in [4.78, 5) is 13.8. The van der Waals surface area contributed by atoms with Gasteiger partial charge in [-0.1, -0.05) is 19.8 Å². The molecule has 1 saturated carbocycles. The van der Waals surface area contributed by atoms with Crippen molar-refractivity contribution in [1.82, 2.24) is 4.90 Å². The minimum atomic E-state index is -0.610. The summed E-state index contributed by atoms with van der Waals surface area (Å²) in [5.41, 5.74) is 0. The van der Waals surface area contributed by atoms with Gasteiger partial charge in [-0.15, -0.1) is 0 Å². The fourth-order valence-corrected chi connectivity index (χ4v) is 3.52. The predicted octanol–water partition coefficient (Wildman–Crippen LogP) is 2.52. The number of likely N-dealkylation sites (tertiary alicyclic amines) is 1. The lowest BCUT2D eigenvalue weighted by Gasteiger charge is -2.42. The minimum absolute atomic E-state index is 0.168. The van der Waals surface area contributed by atoms with Crippen molar-refractivity contribution in [3.63, 3.8) is 0 Å². The summed E-state index contributed by atoms with van der Waals surface area (Å²) in [5, 5.41) is 9.39. The number of piperidine rings is 1. The van der Waals surface area contributed by atoms with Crippen LogP contribution in [0.25, 0.3) is 0 Å². The third-order valence-corrected chi connectivity index (χ3v) is 4.48. The maximum absolute atomic E-state index is 11.4. The number of carboxylic acid groups (broad SMARTS) is 1. The van der Waals surface area contributed by atoms with E-state index in [-0.39, 0.29) is 12.0 Å². The molecule has 1 aliphatic heterocycles. The molecule has 19 heavy (non-hydrogen) atoms. The van der Waals surface area contributed by atoms with Crippen molar-refractivity contribution in [2.75, 3.05) is 19.7 Å². The SMILES string of the molecule is CCCOC1CCCN(C2CCCCC2C(=O)O)C1. The number of ether oxygens (including phenoxy) is 1. The van der Waals surface area contributed by atoms with Crippen LogP contribution in [0.2, 0.25) is 0 Å². The van der Waals surface area contributed by atoms with E-state index >= 15 is 0 Å². The van der Waals surface area contributed by atoms with E-state index in [2.05, 4.69) is 11.8 Å². The first-order valence-corrected chi connectivity index (χ1v) is 7.80. The molecule has 4 nitrogen and oxygen atoms in total. The van der Waals surface area contributed by atoms with Gasteiger partial charge in [-0.3, -0.25) is 9.69 Å². The fraction of sp³-hybridized carbons (Fsp3) is 0.933. The van der Waals surface area contributed by atoms with Gasteiger partial charge in [0.2, 0.25) is 0 Å². The molecule has 0 aromatic heterocycles. The van der Waals surface area contributed by atoms with Crippen molar-refractivity contribution in [2.24, 2.45) is 5.92 Å². The summed E-state index contributed by atoms with van der Waals surface area (Å²) in [6.07, 6.45) is 7.75. The second-order valence-corrected chi connectivity index (χ2v) is 5.93. The van der Waals surface area contributed by atoms with E-state index in [9.17, 15) is 9.90 Å². The third-order valence-electron chi connectivity index (χ3n) is 4.48. The highest BCUT2D eigenvalue weighted by Crippen LogP contribution is 2.31. The molecule has 0 aromatic carbocycles. The molecule has 0 amide bonds. The van der Waals surface area contributed by atoms with E-state index < -0.39 is 5.97 Å². The Labute approximate surface area is 116 Å². The van der Waals surface area contributed by atoms with Gasteiger partial charge in [0.15, 0.2) is 0 Å². The van der Waals surface area contributed by atoms with Crippen molar-refractivity contribution in [2.45, 2.75) is 64.0 Å². The minimum Gasteiger partial charge on any atom is -0.481 e. The van der Waals surface area contributed by atoms with Gasteiger partial charge in [0, 0.05) is 19.2 Å². The number of rotatable bonds is 5. The first-order chi connectivity index (χ1) is 9.22. The molecule has 0 aromatic rings. The Kier molecular flexibility index (Phi) is 5.64. The first kappa shape index (κ1) is 14.8. The van der Waals surface area contributed by atoms with Crippen molar-refractivity contribution in [3.05, 3.63) is 0 Å². The maximum Gasteiger partial charge on any atom is 0.308 e. The van der Waals surface area contributed by atoms with Crippen LogP contribution in [0.5, 0.6) is 0 Å². The Bertz CT molecular complexity index is 295. The van der Waals surface area contributed by atoms with Gasteiger partial charge in [0.25, 0.3) is 0 Å². The Morgan fingerprint density at radius 2 is 2.05 bits per heavy atom. The number of aliphatic carboxylic acids is 1. The molecule has 0 spiro atoms. The van der Waals surface area contributed by atoms with Crippen LogP contribution in [-0.4, -0.2) is 47.8 Å². The summed E-state index contributed by atoms with van der Waals surface area (Å²) >= 11 is 0. The zero-order chi connectivity index (χ0) is 13.7. The molecule has 1 aliphatic carbocycles. The molecule has 1 N–H and O–H groups in total. The van der Waals surface area contributed by atoms with Gasteiger partial charge in [-0.05, 0) is 38.6 Å². The molecular weight excluding hydrogens is 242 g/mol. The third kappa shape index (κ3) is 3.93. The molecule has 0 radical (unpaired) electrons. The highest BCUT2D eigenvalue weighted by molar-refractivity contribution is 5.71. The van der Waals surface area contributed by atoms with Crippen molar-refractivity contribution in [1.29, 1.82) is 0 Å². The second kappa shape index (κ2) is 7.25. The normalized spacial score (nSPS) is 33.2. The molecule has 3 atom stereocenters. The van der Waals surface area contributed by atoms with E-state index in [1.165, 1.54) is 6.42 Å². The molecule has 1 saturated heterocycles. The molecule has 4 heteroatoms. The van der Waals surface area contributed by atoms with Gasteiger partial charge in [-0.25, -0.2) is 0 Å². The first-order valence-electron chi connectivity index (χ1n) is 7.80. The summed E-state index contributed by atoms with van der Waals surface area (Å²) < 4.78 is 5.86. The second-order valence-electron chi connectivity index (χ2n) is 5.93. The standard InChI is InChI=1S/C15H27NO3/c1-2-10-19-12-6-5-9-16(11-12)14-8-4-3-7-13(14)15(17)18/h12-14H,2-11H2,1H3,(H,17,18). The van der Waals surface area contributed by atoms with Crippen LogP contribution >= 0.6 is 0 Å². The van der Waals surface area contributed by atoms with Crippen molar-refractivity contribution in [3.8, 4) is 0 Å². The number of carbonyl (C=O) groups is 1. The number of carboxylic acids is 1. The van der Waals surface area contributed by atoms with Crippen LogP contribution in [0, 0.1) is 5.92 Å². The number of hydrogen-bond donors (Lipinski definition) is 1.